The molecule has 1 fully saturated rings. The van der Waals surface area contributed by atoms with Crippen LogP contribution < -0.4 is 0 Å². The first-order chi connectivity index (χ1) is 17.8. The Morgan fingerprint density at radius 1 is 0.842 bits per heavy atom. The van der Waals surface area contributed by atoms with Gasteiger partial charge in [-0.25, -0.2) is 0 Å². The first-order valence-corrected chi connectivity index (χ1v) is 12.3. The summed E-state index contributed by atoms with van der Waals surface area (Å²) in [5.41, 5.74) is -0.628. The summed E-state index contributed by atoms with van der Waals surface area (Å²) < 4.78 is 73.8. The van der Waals surface area contributed by atoms with Gasteiger partial charge in [0.1, 0.15) is 6.54 Å². The van der Waals surface area contributed by atoms with Gasteiger partial charge in [0.15, 0.2) is 5.78 Å². The van der Waals surface area contributed by atoms with Crippen molar-refractivity contribution in [2.75, 3.05) is 14.1 Å². The Bertz CT molecular complexity index is 1040. The number of rotatable bonds is 4. The zero-order valence-corrected chi connectivity index (χ0v) is 21.4. The Morgan fingerprint density at radius 3 is 1.79 bits per heavy atom. The maximum Gasteiger partial charge on any atom is 0.416 e. The topological polar surface area (TPSA) is 49.7 Å². The third kappa shape index (κ3) is 10.3. The number of halogens is 6. The highest BCUT2D eigenvalue weighted by Crippen LogP contribution is 2.36. The fourth-order valence-corrected chi connectivity index (χ4v) is 4.28. The molecule has 10 heteroatoms. The Kier molecular flexibility index (Phi) is 11.5. The van der Waals surface area contributed by atoms with Crippen molar-refractivity contribution in [2.45, 2.75) is 69.8 Å². The van der Waals surface area contributed by atoms with Gasteiger partial charge in [0.2, 0.25) is 0 Å². The zero-order chi connectivity index (χ0) is 28.3. The smallest absolute Gasteiger partial charge is 0.381 e. The van der Waals surface area contributed by atoms with E-state index in [0.717, 1.165) is 18.0 Å². The third-order valence-electron chi connectivity index (χ3n) is 6.30. The summed E-state index contributed by atoms with van der Waals surface area (Å²) in [6.07, 6.45) is 0.660. The second kappa shape index (κ2) is 14.1. The van der Waals surface area contributed by atoms with Crippen molar-refractivity contribution >= 4 is 5.78 Å². The van der Waals surface area contributed by atoms with Gasteiger partial charge in [-0.1, -0.05) is 54.8 Å². The maximum atomic E-state index is 12.3. The van der Waals surface area contributed by atoms with Crippen LogP contribution in [-0.4, -0.2) is 24.8 Å². The molecule has 0 atom stereocenters. The van der Waals surface area contributed by atoms with E-state index in [9.17, 15) is 36.0 Å². The van der Waals surface area contributed by atoms with Crippen LogP contribution >= 0.6 is 0 Å². The monoisotopic (exact) mass is 542 g/mol. The van der Waals surface area contributed by atoms with Crippen LogP contribution in [0.25, 0.3) is 0 Å². The average molecular weight is 543 g/mol. The van der Waals surface area contributed by atoms with E-state index in [1.54, 1.807) is 11.6 Å². The number of allylic oxidation sites excluding steroid dienone is 2. The van der Waals surface area contributed by atoms with Crippen molar-refractivity contribution in [2.24, 2.45) is 5.18 Å². The van der Waals surface area contributed by atoms with Crippen LogP contribution in [0.5, 0.6) is 0 Å². The summed E-state index contributed by atoms with van der Waals surface area (Å²) in [6, 6.07) is 11.9. The molecule has 0 bridgehead atoms. The molecule has 2 aromatic carbocycles. The van der Waals surface area contributed by atoms with Crippen LogP contribution in [-0.2, 0) is 23.7 Å². The standard InChI is InChI=1S/C12H16.C9H5F6NO.C7H11NO/c1-3-7-11(8-4-1)12-9-5-2-6-10-12;10-8(11,12)6-1-5(4-16-17)2-7(3-6)9(13,14)15;1-8(2)6-3-4-7(9)5-6/h1,3-4,7-8,12H,2,5-6,9-10H2;1-3H,4H2;5H,3-4H2,1-2H3. The molecule has 4 rings (SSSR count). The molecule has 0 N–H and O–H groups in total. The van der Waals surface area contributed by atoms with E-state index >= 15 is 0 Å². The van der Waals surface area contributed by atoms with Crippen LogP contribution in [0.1, 0.15) is 73.1 Å². The molecule has 4 nitrogen and oxygen atoms in total. The predicted molar refractivity (Wildman–Crippen MR) is 134 cm³/mol. The van der Waals surface area contributed by atoms with Gasteiger partial charge >= 0.3 is 12.4 Å². The van der Waals surface area contributed by atoms with Crippen molar-refractivity contribution < 1.29 is 31.1 Å². The van der Waals surface area contributed by atoms with Crippen molar-refractivity contribution in [1.82, 2.24) is 4.90 Å². The number of carbonyl (C=O) groups excluding carboxylic acids is 1. The highest BCUT2D eigenvalue weighted by Gasteiger charge is 2.36. The van der Waals surface area contributed by atoms with Crippen molar-refractivity contribution in [3.8, 4) is 0 Å². The van der Waals surface area contributed by atoms with E-state index in [4.69, 9.17) is 0 Å². The lowest BCUT2D eigenvalue weighted by atomic mass is 9.84. The maximum absolute atomic E-state index is 12.3. The molecule has 0 spiro atoms. The molecule has 2 aliphatic rings. The molecule has 38 heavy (non-hydrogen) atoms. The van der Waals surface area contributed by atoms with E-state index < -0.39 is 35.6 Å². The molecular formula is C28H32F6N2O2. The van der Waals surface area contributed by atoms with E-state index in [-0.39, 0.29) is 11.8 Å². The molecule has 0 radical (unpaired) electrons. The van der Waals surface area contributed by atoms with Crippen LogP contribution in [0.15, 0.2) is 65.5 Å². The summed E-state index contributed by atoms with van der Waals surface area (Å²) in [5, 5.41) is 2.27. The highest BCUT2D eigenvalue weighted by molar-refractivity contribution is 5.92. The first-order valence-electron chi connectivity index (χ1n) is 12.3. The van der Waals surface area contributed by atoms with Crippen LogP contribution in [0.2, 0.25) is 0 Å². The Labute approximate surface area is 218 Å². The van der Waals surface area contributed by atoms with E-state index in [0.29, 0.717) is 18.6 Å². The lowest BCUT2D eigenvalue weighted by Crippen LogP contribution is -2.11. The Hall–Kier alpha value is -3.17. The van der Waals surface area contributed by atoms with Gasteiger partial charge < -0.3 is 4.90 Å². The average Bonchev–Trinajstić information content (AvgIpc) is 3.32. The number of carbonyl (C=O) groups is 1. The largest absolute Gasteiger partial charge is 0.416 e. The minimum Gasteiger partial charge on any atom is -0.381 e. The fraction of sp³-hybridized carbons (Fsp3) is 0.464. The van der Waals surface area contributed by atoms with Crippen molar-refractivity contribution in [3.05, 3.63) is 87.5 Å². The van der Waals surface area contributed by atoms with Gasteiger partial charge in [-0.15, -0.1) is 0 Å². The van der Waals surface area contributed by atoms with Crippen LogP contribution in [0, 0.1) is 4.91 Å². The highest BCUT2D eigenvalue weighted by atomic mass is 19.4. The van der Waals surface area contributed by atoms with Crippen LogP contribution in [0.4, 0.5) is 26.3 Å². The van der Waals surface area contributed by atoms with Crippen LogP contribution in [0.3, 0.4) is 0 Å². The predicted octanol–water partition coefficient (Wildman–Crippen LogP) is 8.52. The summed E-state index contributed by atoms with van der Waals surface area (Å²) in [5.74, 6) is 1.12. The van der Waals surface area contributed by atoms with E-state index in [1.165, 1.54) is 32.1 Å². The molecule has 2 aliphatic carbocycles. The quantitative estimate of drug-likeness (QED) is 0.287. The molecular weight excluding hydrogens is 510 g/mol. The van der Waals surface area contributed by atoms with Crippen molar-refractivity contribution in [3.63, 3.8) is 0 Å². The molecule has 0 saturated heterocycles. The third-order valence-corrected chi connectivity index (χ3v) is 6.30. The van der Waals surface area contributed by atoms with Gasteiger partial charge in [0, 0.05) is 32.3 Å². The summed E-state index contributed by atoms with van der Waals surface area (Å²) in [4.78, 5) is 22.5. The lowest BCUT2D eigenvalue weighted by Gasteiger charge is -2.21. The van der Waals surface area contributed by atoms with Gasteiger partial charge in [0.05, 0.1) is 11.1 Å². The van der Waals surface area contributed by atoms with Gasteiger partial charge in [0.25, 0.3) is 0 Å². The van der Waals surface area contributed by atoms with Crippen molar-refractivity contribution in [1.29, 1.82) is 0 Å². The molecule has 0 aromatic heterocycles. The van der Waals surface area contributed by atoms with E-state index in [1.807, 2.05) is 19.0 Å². The number of benzene rings is 2. The zero-order valence-electron chi connectivity index (χ0n) is 21.4. The summed E-state index contributed by atoms with van der Waals surface area (Å²) >= 11 is 0. The van der Waals surface area contributed by atoms with Gasteiger partial charge in [-0.3, -0.25) is 4.79 Å². The molecule has 1 saturated carbocycles. The normalized spacial score (nSPS) is 16.0. The molecule has 208 valence electrons. The number of nitroso groups, excluding NO2 is 1. The fourth-order valence-electron chi connectivity index (χ4n) is 4.28. The number of nitrogens with zero attached hydrogens (tertiary/aromatic N) is 2. The molecule has 0 amide bonds. The summed E-state index contributed by atoms with van der Waals surface area (Å²) in [6.45, 7) is -0.743. The minimum atomic E-state index is -4.90. The Morgan fingerprint density at radius 2 is 1.39 bits per heavy atom. The molecule has 2 aromatic rings. The van der Waals surface area contributed by atoms with Gasteiger partial charge in [-0.05, 0) is 54.5 Å². The summed E-state index contributed by atoms with van der Waals surface area (Å²) in [7, 11) is 3.93. The number of alkyl halides is 6. The molecule has 0 unspecified atom stereocenters. The van der Waals surface area contributed by atoms with Gasteiger partial charge in [-0.2, -0.15) is 31.2 Å². The number of hydrogen-bond donors (Lipinski definition) is 0. The van der Waals surface area contributed by atoms with E-state index in [2.05, 4.69) is 35.5 Å². The number of hydrogen-bond acceptors (Lipinski definition) is 4. The second-order valence-electron chi connectivity index (χ2n) is 9.44. The SMILES string of the molecule is CN(C)C1=CC(=O)CC1.O=NCc1cc(C(F)(F)F)cc(C(F)(F)F)c1.c1ccc(C2CCCCC2)cc1. The lowest BCUT2D eigenvalue weighted by molar-refractivity contribution is -0.143. The molecule has 0 aliphatic heterocycles. The number of ketones is 1. The second-order valence-corrected chi connectivity index (χ2v) is 9.44. The minimum absolute atomic E-state index is 0.00565. The first kappa shape index (κ1) is 31.1. The Balaban J connectivity index is 0.000000211. The molecule has 0 heterocycles.